The summed E-state index contributed by atoms with van der Waals surface area (Å²) < 4.78 is 6.90. The van der Waals surface area contributed by atoms with Crippen LogP contribution in [0.1, 0.15) is 33.3 Å². The number of pyridine rings is 1. The zero-order chi connectivity index (χ0) is 12.2. The van der Waals surface area contributed by atoms with Crippen LogP contribution in [0.5, 0.6) is 0 Å². The van der Waals surface area contributed by atoms with Crippen molar-refractivity contribution in [3.05, 3.63) is 30.1 Å². The Kier molecular flexibility index (Phi) is 6.39. The third-order valence-corrected chi connectivity index (χ3v) is 2.41. The Balaban J connectivity index is 0.00000256. The molecule has 0 amide bonds. The fourth-order valence-electron chi connectivity index (χ4n) is 1.40. The Labute approximate surface area is 114 Å². The molecule has 0 atom stereocenters. The zero-order valence-electron chi connectivity index (χ0n) is 10.9. The molecule has 0 saturated carbocycles. The van der Waals surface area contributed by atoms with E-state index in [2.05, 4.69) is 32.9 Å². The number of halogens is 1. The second-order valence-corrected chi connectivity index (χ2v) is 4.91. The highest BCUT2D eigenvalue weighted by Gasteiger charge is 2.14. The Bertz CT molecular complexity index is 355. The van der Waals surface area contributed by atoms with Crippen LogP contribution in [0.2, 0.25) is 0 Å². The molecule has 1 aromatic rings. The summed E-state index contributed by atoms with van der Waals surface area (Å²) in [5, 5.41) is 0. The van der Waals surface area contributed by atoms with Gasteiger partial charge in [0.2, 0.25) is 0 Å². The lowest BCUT2D eigenvalue weighted by Gasteiger charge is -2.17. The highest BCUT2D eigenvalue weighted by molar-refractivity contribution is 5.65. The van der Waals surface area contributed by atoms with Crippen molar-refractivity contribution in [2.75, 3.05) is 6.61 Å². The lowest BCUT2D eigenvalue weighted by Crippen LogP contribution is -3.00. The predicted molar refractivity (Wildman–Crippen MR) is 62.0 cm³/mol. The normalized spacial score (nSPS) is 10.6. The standard InChI is InChI=1S/C13H20NO2.BrH/c1-11(15)16-10-9-14-7-5-12(6-8-14)13(2,3)4;/h5-8H,9-10H2,1-4H3;1H/q+1;/p-1. The van der Waals surface area contributed by atoms with E-state index >= 15 is 0 Å². The number of rotatable bonds is 3. The minimum Gasteiger partial charge on any atom is -1.00 e. The van der Waals surface area contributed by atoms with Crippen molar-refractivity contribution >= 4 is 5.97 Å². The van der Waals surface area contributed by atoms with Crippen LogP contribution in [-0.4, -0.2) is 12.6 Å². The van der Waals surface area contributed by atoms with E-state index in [4.69, 9.17) is 4.74 Å². The number of nitrogens with zero attached hydrogens (tertiary/aromatic N) is 1. The Hall–Kier alpha value is -0.900. The van der Waals surface area contributed by atoms with E-state index in [1.54, 1.807) is 0 Å². The second-order valence-electron chi connectivity index (χ2n) is 4.91. The van der Waals surface area contributed by atoms with Gasteiger partial charge in [0.25, 0.3) is 0 Å². The molecule has 0 saturated heterocycles. The molecular weight excluding hydrogens is 282 g/mol. The van der Waals surface area contributed by atoms with E-state index in [-0.39, 0.29) is 28.4 Å². The van der Waals surface area contributed by atoms with Gasteiger partial charge in [0.05, 0.1) is 0 Å². The fourth-order valence-corrected chi connectivity index (χ4v) is 1.40. The van der Waals surface area contributed by atoms with Crippen molar-refractivity contribution in [3.8, 4) is 0 Å². The number of carbonyl (C=O) groups is 1. The SMILES string of the molecule is CC(=O)OCC[n+]1ccc(C(C)(C)C)cc1.[Br-]. The minimum atomic E-state index is -0.230. The van der Waals surface area contributed by atoms with Crippen LogP contribution in [0.4, 0.5) is 0 Å². The molecule has 1 rings (SSSR count). The third-order valence-electron chi connectivity index (χ3n) is 2.41. The van der Waals surface area contributed by atoms with Gasteiger partial charge in [-0.25, -0.2) is 4.57 Å². The molecule has 0 unspecified atom stereocenters. The maximum atomic E-state index is 10.6. The lowest BCUT2D eigenvalue weighted by molar-refractivity contribution is -0.698. The molecular formula is C13H20BrNO2. The van der Waals surface area contributed by atoms with Crippen LogP contribution in [0.15, 0.2) is 24.5 Å². The molecule has 1 aromatic heterocycles. The van der Waals surface area contributed by atoms with Gasteiger partial charge in [0.1, 0.15) is 0 Å². The molecule has 1 heterocycles. The van der Waals surface area contributed by atoms with E-state index < -0.39 is 0 Å². The quantitative estimate of drug-likeness (QED) is 0.521. The molecule has 0 bridgehead atoms. The van der Waals surface area contributed by atoms with Crippen molar-refractivity contribution in [2.24, 2.45) is 0 Å². The molecule has 0 spiro atoms. The van der Waals surface area contributed by atoms with E-state index in [0.717, 1.165) is 0 Å². The average molecular weight is 302 g/mol. The number of carbonyl (C=O) groups excluding carboxylic acids is 1. The summed E-state index contributed by atoms with van der Waals surface area (Å²) in [6, 6.07) is 4.21. The van der Waals surface area contributed by atoms with Crippen molar-refractivity contribution in [2.45, 2.75) is 39.7 Å². The number of esters is 1. The maximum Gasteiger partial charge on any atom is 0.302 e. The molecule has 17 heavy (non-hydrogen) atoms. The third kappa shape index (κ3) is 5.82. The van der Waals surface area contributed by atoms with Gasteiger partial charge < -0.3 is 21.7 Å². The maximum absolute atomic E-state index is 10.6. The van der Waals surface area contributed by atoms with Crippen molar-refractivity contribution in [1.29, 1.82) is 0 Å². The molecule has 4 heteroatoms. The first-order valence-corrected chi connectivity index (χ1v) is 5.52. The summed E-state index contributed by atoms with van der Waals surface area (Å²) in [7, 11) is 0. The molecule has 0 N–H and O–H groups in total. The lowest BCUT2D eigenvalue weighted by atomic mass is 9.88. The van der Waals surface area contributed by atoms with Crippen LogP contribution < -0.4 is 21.5 Å². The van der Waals surface area contributed by atoms with Gasteiger partial charge in [-0.05, 0) is 11.0 Å². The minimum absolute atomic E-state index is 0. The van der Waals surface area contributed by atoms with Crippen LogP contribution in [0.3, 0.4) is 0 Å². The summed E-state index contributed by atoms with van der Waals surface area (Å²) >= 11 is 0. The summed E-state index contributed by atoms with van der Waals surface area (Å²) in [4.78, 5) is 10.6. The molecule has 3 nitrogen and oxygen atoms in total. The zero-order valence-corrected chi connectivity index (χ0v) is 12.5. The molecule has 0 aromatic carbocycles. The van der Waals surface area contributed by atoms with E-state index in [1.165, 1.54) is 12.5 Å². The first kappa shape index (κ1) is 16.1. The Morgan fingerprint density at radius 3 is 2.24 bits per heavy atom. The summed E-state index contributed by atoms with van der Waals surface area (Å²) in [5.41, 5.74) is 1.48. The van der Waals surface area contributed by atoms with E-state index in [1.807, 2.05) is 17.0 Å². The smallest absolute Gasteiger partial charge is 0.302 e. The van der Waals surface area contributed by atoms with Crippen LogP contribution in [0, 0.1) is 0 Å². The van der Waals surface area contributed by atoms with E-state index in [0.29, 0.717) is 13.2 Å². The number of ether oxygens (including phenoxy) is 1. The number of hydrogen-bond donors (Lipinski definition) is 0. The molecule has 0 aliphatic carbocycles. The van der Waals surface area contributed by atoms with Crippen LogP contribution in [-0.2, 0) is 21.5 Å². The van der Waals surface area contributed by atoms with E-state index in [9.17, 15) is 4.79 Å². The molecule has 0 aliphatic heterocycles. The van der Waals surface area contributed by atoms with Gasteiger partial charge >= 0.3 is 5.97 Å². The first-order valence-electron chi connectivity index (χ1n) is 5.52. The molecule has 0 radical (unpaired) electrons. The average Bonchev–Trinajstić information content (AvgIpc) is 2.16. The predicted octanol–water partition coefficient (Wildman–Crippen LogP) is -1.16. The Morgan fingerprint density at radius 2 is 1.82 bits per heavy atom. The van der Waals surface area contributed by atoms with Crippen LogP contribution in [0.25, 0.3) is 0 Å². The van der Waals surface area contributed by atoms with Crippen LogP contribution >= 0.6 is 0 Å². The van der Waals surface area contributed by atoms with Gasteiger partial charge in [-0.1, -0.05) is 20.8 Å². The van der Waals surface area contributed by atoms with Gasteiger partial charge in [0, 0.05) is 19.1 Å². The van der Waals surface area contributed by atoms with Crippen molar-refractivity contribution in [3.63, 3.8) is 0 Å². The Morgan fingerprint density at radius 1 is 1.29 bits per heavy atom. The molecule has 0 fully saturated rings. The highest BCUT2D eigenvalue weighted by atomic mass is 79.9. The topological polar surface area (TPSA) is 30.2 Å². The van der Waals surface area contributed by atoms with Gasteiger partial charge in [-0.3, -0.25) is 4.79 Å². The highest BCUT2D eigenvalue weighted by Crippen LogP contribution is 2.19. The number of hydrogen-bond acceptors (Lipinski definition) is 2. The van der Waals surface area contributed by atoms with Crippen molar-refractivity contribution in [1.82, 2.24) is 0 Å². The molecule has 96 valence electrons. The fraction of sp³-hybridized carbons (Fsp3) is 0.538. The second kappa shape index (κ2) is 6.74. The first-order chi connectivity index (χ1) is 7.39. The summed E-state index contributed by atoms with van der Waals surface area (Å²) in [6.45, 7) is 9.11. The number of aromatic nitrogens is 1. The van der Waals surface area contributed by atoms with Gasteiger partial charge in [-0.15, -0.1) is 0 Å². The van der Waals surface area contributed by atoms with Crippen molar-refractivity contribution < 1.29 is 31.1 Å². The monoisotopic (exact) mass is 301 g/mol. The summed E-state index contributed by atoms with van der Waals surface area (Å²) in [5.74, 6) is -0.230. The van der Waals surface area contributed by atoms with Gasteiger partial charge in [-0.2, -0.15) is 0 Å². The van der Waals surface area contributed by atoms with Gasteiger partial charge in [0.15, 0.2) is 25.5 Å². The molecule has 0 aliphatic rings. The summed E-state index contributed by atoms with van der Waals surface area (Å²) in [6.07, 6.45) is 4.04. The largest absolute Gasteiger partial charge is 1.00 e.